The molecule has 0 saturated heterocycles. The van der Waals surface area contributed by atoms with Crippen molar-refractivity contribution in [2.75, 3.05) is 0 Å². The highest BCUT2D eigenvalue weighted by Gasteiger charge is 2.11. The molecular formula is C18H19NO2. The van der Waals surface area contributed by atoms with Crippen molar-refractivity contribution < 1.29 is 9.84 Å². The first-order valence-electron chi connectivity index (χ1n) is 7.01. The molecule has 1 unspecified atom stereocenters. The molecule has 1 N–H and O–H groups in total. The summed E-state index contributed by atoms with van der Waals surface area (Å²) < 4.78 is 5.84. The number of aliphatic hydroxyl groups is 1. The van der Waals surface area contributed by atoms with Crippen LogP contribution in [0.2, 0.25) is 0 Å². The number of rotatable bonds is 4. The van der Waals surface area contributed by atoms with E-state index in [1.54, 1.807) is 25.1 Å². The highest BCUT2D eigenvalue weighted by atomic mass is 16.5. The molecule has 0 aromatic heterocycles. The highest BCUT2D eigenvalue weighted by molar-refractivity contribution is 5.45. The van der Waals surface area contributed by atoms with Crippen LogP contribution in [0.25, 0.3) is 0 Å². The van der Waals surface area contributed by atoms with Gasteiger partial charge in [0.05, 0.1) is 17.7 Å². The summed E-state index contributed by atoms with van der Waals surface area (Å²) in [5.41, 5.74) is 2.42. The SMILES string of the molecule is CC(C)c1ccc(Oc2cc(C#N)ccc2C(C)O)cc1. The van der Waals surface area contributed by atoms with Crippen LogP contribution in [0.15, 0.2) is 42.5 Å². The lowest BCUT2D eigenvalue weighted by Crippen LogP contribution is -1.97. The lowest BCUT2D eigenvalue weighted by Gasteiger charge is -2.14. The standard InChI is InChI=1S/C18H19NO2/c1-12(2)15-5-7-16(8-6-15)21-18-10-14(11-19)4-9-17(18)13(3)20/h4-10,12-13,20H,1-3H3. The van der Waals surface area contributed by atoms with Crippen LogP contribution in [-0.4, -0.2) is 5.11 Å². The molecule has 2 rings (SSSR count). The number of hydrogen-bond donors (Lipinski definition) is 1. The van der Waals surface area contributed by atoms with Crippen molar-refractivity contribution in [2.45, 2.75) is 32.8 Å². The maximum Gasteiger partial charge on any atom is 0.134 e. The first-order chi connectivity index (χ1) is 10.0. The van der Waals surface area contributed by atoms with Gasteiger partial charge in [0.25, 0.3) is 0 Å². The predicted molar refractivity (Wildman–Crippen MR) is 82.4 cm³/mol. The first-order valence-corrected chi connectivity index (χ1v) is 7.01. The molecule has 0 aliphatic heterocycles. The van der Waals surface area contributed by atoms with Gasteiger partial charge in [0.15, 0.2) is 0 Å². The second-order valence-electron chi connectivity index (χ2n) is 5.37. The van der Waals surface area contributed by atoms with Gasteiger partial charge in [-0.05, 0) is 42.7 Å². The fraction of sp³-hybridized carbons (Fsp3) is 0.278. The van der Waals surface area contributed by atoms with Crippen molar-refractivity contribution in [3.63, 3.8) is 0 Å². The van der Waals surface area contributed by atoms with E-state index in [-0.39, 0.29) is 0 Å². The van der Waals surface area contributed by atoms with E-state index in [9.17, 15) is 5.11 Å². The van der Waals surface area contributed by atoms with Crippen molar-refractivity contribution >= 4 is 0 Å². The van der Waals surface area contributed by atoms with Gasteiger partial charge in [-0.15, -0.1) is 0 Å². The van der Waals surface area contributed by atoms with Crippen LogP contribution in [0.5, 0.6) is 11.5 Å². The van der Waals surface area contributed by atoms with Crippen LogP contribution < -0.4 is 4.74 Å². The summed E-state index contributed by atoms with van der Waals surface area (Å²) in [7, 11) is 0. The second-order valence-corrected chi connectivity index (χ2v) is 5.37. The summed E-state index contributed by atoms with van der Waals surface area (Å²) in [6.07, 6.45) is -0.650. The molecule has 21 heavy (non-hydrogen) atoms. The van der Waals surface area contributed by atoms with Gasteiger partial charge in [-0.1, -0.05) is 32.0 Å². The number of nitrogens with zero attached hydrogens (tertiary/aromatic N) is 1. The Morgan fingerprint density at radius 3 is 2.24 bits per heavy atom. The minimum atomic E-state index is -0.650. The van der Waals surface area contributed by atoms with Crippen molar-refractivity contribution in [3.8, 4) is 17.6 Å². The van der Waals surface area contributed by atoms with E-state index in [0.29, 0.717) is 28.5 Å². The third kappa shape index (κ3) is 3.62. The average molecular weight is 281 g/mol. The fourth-order valence-corrected chi connectivity index (χ4v) is 2.09. The minimum Gasteiger partial charge on any atom is -0.457 e. The van der Waals surface area contributed by atoms with E-state index in [2.05, 4.69) is 19.9 Å². The van der Waals surface area contributed by atoms with Crippen molar-refractivity contribution in [1.29, 1.82) is 5.26 Å². The Balaban J connectivity index is 2.31. The van der Waals surface area contributed by atoms with Crippen LogP contribution in [0.4, 0.5) is 0 Å². The Labute approximate surface area is 125 Å². The fourth-order valence-electron chi connectivity index (χ4n) is 2.09. The van der Waals surface area contributed by atoms with E-state index in [4.69, 9.17) is 10.00 Å². The maximum atomic E-state index is 9.80. The molecule has 0 saturated carbocycles. The summed E-state index contributed by atoms with van der Waals surface area (Å²) in [5, 5.41) is 18.8. The third-order valence-corrected chi connectivity index (χ3v) is 3.37. The summed E-state index contributed by atoms with van der Waals surface area (Å²) in [6, 6.07) is 15.0. The van der Waals surface area contributed by atoms with Gasteiger partial charge in [-0.2, -0.15) is 5.26 Å². The number of benzene rings is 2. The van der Waals surface area contributed by atoms with Crippen molar-refractivity contribution in [1.82, 2.24) is 0 Å². The Morgan fingerprint density at radius 2 is 1.71 bits per heavy atom. The van der Waals surface area contributed by atoms with Gasteiger partial charge < -0.3 is 9.84 Å². The molecule has 0 aliphatic rings. The topological polar surface area (TPSA) is 53.2 Å². The normalized spacial score (nSPS) is 12.0. The lowest BCUT2D eigenvalue weighted by molar-refractivity contribution is 0.195. The number of aliphatic hydroxyl groups excluding tert-OH is 1. The first kappa shape index (κ1) is 15.1. The molecule has 3 heteroatoms. The highest BCUT2D eigenvalue weighted by Crippen LogP contribution is 2.31. The molecular weight excluding hydrogens is 262 g/mol. The Hall–Kier alpha value is -2.31. The molecule has 2 aromatic rings. The summed E-state index contributed by atoms with van der Waals surface area (Å²) in [4.78, 5) is 0. The smallest absolute Gasteiger partial charge is 0.134 e. The lowest BCUT2D eigenvalue weighted by atomic mass is 10.0. The van der Waals surface area contributed by atoms with Gasteiger partial charge in [0.2, 0.25) is 0 Å². The second kappa shape index (κ2) is 6.43. The maximum absolute atomic E-state index is 9.80. The quantitative estimate of drug-likeness (QED) is 0.896. The van der Waals surface area contributed by atoms with E-state index >= 15 is 0 Å². The van der Waals surface area contributed by atoms with E-state index < -0.39 is 6.10 Å². The number of nitriles is 1. The molecule has 0 radical (unpaired) electrons. The molecule has 0 bridgehead atoms. The summed E-state index contributed by atoms with van der Waals surface area (Å²) in [6.45, 7) is 5.95. The Bertz CT molecular complexity index is 652. The molecule has 2 aromatic carbocycles. The molecule has 0 amide bonds. The monoisotopic (exact) mass is 281 g/mol. The van der Waals surface area contributed by atoms with E-state index in [1.165, 1.54) is 5.56 Å². The zero-order chi connectivity index (χ0) is 15.4. The number of ether oxygens (including phenoxy) is 1. The Morgan fingerprint density at radius 1 is 1.05 bits per heavy atom. The molecule has 0 spiro atoms. The van der Waals surface area contributed by atoms with Crippen LogP contribution in [0.3, 0.4) is 0 Å². The van der Waals surface area contributed by atoms with Gasteiger partial charge in [0.1, 0.15) is 11.5 Å². The molecule has 0 aliphatic carbocycles. The van der Waals surface area contributed by atoms with Crippen LogP contribution >= 0.6 is 0 Å². The summed E-state index contributed by atoms with van der Waals surface area (Å²) in [5.74, 6) is 1.67. The van der Waals surface area contributed by atoms with Crippen molar-refractivity contribution in [2.24, 2.45) is 0 Å². The zero-order valence-corrected chi connectivity index (χ0v) is 12.5. The molecule has 0 fully saturated rings. The zero-order valence-electron chi connectivity index (χ0n) is 12.5. The minimum absolute atomic E-state index is 0.467. The predicted octanol–water partition coefficient (Wildman–Crippen LogP) is 4.53. The van der Waals surface area contributed by atoms with Crippen LogP contribution in [0, 0.1) is 11.3 Å². The van der Waals surface area contributed by atoms with Gasteiger partial charge in [0, 0.05) is 5.56 Å². The van der Waals surface area contributed by atoms with Gasteiger partial charge >= 0.3 is 0 Å². The van der Waals surface area contributed by atoms with Crippen LogP contribution in [0.1, 0.15) is 49.5 Å². The molecule has 3 nitrogen and oxygen atoms in total. The van der Waals surface area contributed by atoms with Crippen LogP contribution in [-0.2, 0) is 0 Å². The van der Waals surface area contributed by atoms with Gasteiger partial charge in [-0.3, -0.25) is 0 Å². The van der Waals surface area contributed by atoms with E-state index in [0.717, 1.165) is 0 Å². The average Bonchev–Trinajstić information content (AvgIpc) is 2.47. The summed E-state index contributed by atoms with van der Waals surface area (Å²) >= 11 is 0. The largest absolute Gasteiger partial charge is 0.457 e. The number of hydrogen-bond acceptors (Lipinski definition) is 3. The van der Waals surface area contributed by atoms with E-state index in [1.807, 2.05) is 24.3 Å². The molecule has 1 atom stereocenters. The molecule has 0 heterocycles. The van der Waals surface area contributed by atoms with Gasteiger partial charge in [-0.25, -0.2) is 0 Å². The van der Waals surface area contributed by atoms with Crippen molar-refractivity contribution in [3.05, 3.63) is 59.2 Å². The molecule has 108 valence electrons. The Kier molecular flexibility index (Phi) is 4.62. The third-order valence-electron chi connectivity index (χ3n) is 3.37.